The third kappa shape index (κ3) is 3.32. The van der Waals surface area contributed by atoms with Crippen LogP contribution in [0.3, 0.4) is 0 Å². The average Bonchev–Trinajstić information content (AvgIpc) is 2.70. The van der Waals surface area contributed by atoms with Gasteiger partial charge in [-0.05, 0) is 35.0 Å². The SMILES string of the molecule is CN(Cc1nc2ccccc2c(=O)n1CC(N)=O)c1ccc2ccccc2c1. The number of amides is 1. The largest absolute Gasteiger partial charge is 0.368 e. The number of nitrogens with zero attached hydrogens (tertiary/aromatic N) is 3. The summed E-state index contributed by atoms with van der Waals surface area (Å²) in [5, 5.41) is 2.77. The van der Waals surface area contributed by atoms with E-state index in [0.717, 1.165) is 16.5 Å². The topological polar surface area (TPSA) is 81.2 Å². The van der Waals surface area contributed by atoms with Crippen LogP contribution in [0, 0.1) is 0 Å². The minimum atomic E-state index is -0.575. The van der Waals surface area contributed by atoms with Gasteiger partial charge in [0.25, 0.3) is 5.56 Å². The molecule has 0 saturated heterocycles. The predicted octanol–water partition coefficient (Wildman–Crippen LogP) is 2.67. The lowest BCUT2D eigenvalue weighted by Gasteiger charge is -2.21. The van der Waals surface area contributed by atoms with E-state index in [1.54, 1.807) is 18.2 Å². The van der Waals surface area contributed by atoms with E-state index in [9.17, 15) is 9.59 Å². The number of hydrogen-bond donors (Lipinski definition) is 1. The fourth-order valence-electron chi connectivity index (χ4n) is 3.37. The van der Waals surface area contributed by atoms with Crippen LogP contribution in [0.25, 0.3) is 21.7 Å². The van der Waals surface area contributed by atoms with Crippen molar-refractivity contribution in [3.8, 4) is 0 Å². The molecule has 28 heavy (non-hydrogen) atoms. The summed E-state index contributed by atoms with van der Waals surface area (Å²) in [7, 11) is 1.93. The summed E-state index contributed by atoms with van der Waals surface area (Å²) >= 11 is 0. The second kappa shape index (κ2) is 7.15. The number of rotatable bonds is 5. The number of nitrogens with two attached hydrogens (primary N) is 1. The molecule has 0 radical (unpaired) electrons. The smallest absolute Gasteiger partial charge is 0.261 e. The molecule has 2 N–H and O–H groups in total. The number of hydrogen-bond acceptors (Lipinski definition) is 4. The van der Waals surface area contributed by atoms with Crippen LogP contribution in [0.4, 0.5) is 5.69 Å². The van der Waals surface area contributed by atoms with Crippen molar-refractivity contribution in [3.05, 3.63) is 82.9 Å². The third-order valence-electron chi connectivity index (χ3n) is 4.81. The molecule has 0 aliphatic carbocycles. The van der Waals surface area contributed by atoms with Gasteiger partial charge in [0.2, 0.25) is 5.91 Å². The van der Waals surface area contributed by atoms with Crippen molar-refractivity contribution in [2.75, 3.05) is 11.9 Å². The van der Waals surface area contributed by atoms with Crippen LogP contribution >= 0.6 is 0 Å². The number of fused-ring (bicyclic) bond motifs is 2. The normalized spacial score (nSPS) is 11.0. The van der Waals surface area contributed by atoms with Gasteiger partial charge in [-0.2, -0.15) is 0 Å². The minimum Gasteiger partial charge on any atom is -0.368 e. The molecular weight excluding hydrogens is 352 g/mol. The maximum atomic E-state index is 12.9. The summed E-state index contributed by atoms with van der Waals surface area (Å²) < 4.78 is 1.36. The number of carbonyl (C=O) groups is 1. The minimum absolute atomic E-state index is 0.197. The highest BCUT2D eigenvalue weighted by atomic mass is 16.2. The zero-order chi connectivity index (χ0) is 19.7. The maximum absolute atomic E-state index is 12.9. The molecule has 0 aliphatic rings. The molecule has 0 spiro atoms. The molecule has 3 aromatic carbocycles. The van der Waals surface area contributed by atoms with E-state index < -0.39 is 5.91 Å². The molecule has 4 rings (SSSR count). The van der Waals surface area contributed by atoms with Crippen molar-refractivity contribution < 1.29 is 4.79 Å². The van der Waals surface area contributed by atoms with Crippen LogP contribution in [0.1, 0.15) is 5.82 Å². The molecule has 4 aromatic rings. The first kappa shape index (κ1) is 17.7. The van der Waals surface area contributed by atoms with Gasteiger partial charge in [-0.15, -0.1) is 0 Å². The van der Waals surface area contributed by atoms with Gasteiger partial charge >= 0.3 is 0 Å². The lowest BCUT2D eigenvalue weighted by atomic mass is 10.1. The van der Waals surface area contributed by atoms with Crippen molar-refractivity contribution in [1.29, 1.82) is 0 Å². The standard InChI is InChI=1S/C22H20N4O2/c1-25(17-11-10-15-6-2-3-7-16(15)12-17)14-21-24-19-9-5-4-8-18(19)22(28)26(21)13-20(23)27/h2-12H,13-14H2,1H3,(H2,23,27). The van der Waals surface area contributed by atoms with Gasteiger partial charge in [0.05, 0.1) is 17.4 Å². The Bertz CT molecular complexity index is 1250. The molecule has 6 heteroatoms. The van der Waals surface area contributed by atoms with Crippen LogP contribution in [0.5, 0.6) is 0 Å². The Morgan fingerprint density at radius 3 is 2.54 bits per heavy atom. The van der Waals surface area contributed by atoms with Crippen molar-refractivity contribution in [3.63, 3.8) is 0 Å². The van der Waals surface area contributed by atoms with E-state index in [2.05, 4.69) is 29.2 Å². The van der Waals surface area contributed by atoms with Crippen LogP contribution in [-0.2, 0) is 17.9 Å². The second-order valence-corrected chi connectivity index (χ2v) is 6.79. The number of para-hydroxylation sites is 1. The first-order valence-electron chi connectivity index (χ1n) is 8.99. The Balaban J connectivity index is 1.76. The van der Waals surface area contributed by atoms with Gasteiger partial charge in [-0.3, -0.25) is 14.2 Å². The molecule has 0 bridgehead atoms. The van der Waals surface area contributed by atoms with Crippen molar-refractivity contribution in [2.45, 2.75) is 13.1 Å². The first-order valence-corrected chi connectivity index (χ1v) is 8.99. The quantitative estimate of drug-likeness (QED) is 0.584. The molecule has 0 unspecified atom stereocenters. The van der Waals surface area contributed by atoms with Crippen molar-refractivity contribution in [2.24, 2.45) is 5.73 Å². The zero-order valence-electron chi connectivity index (χ0n) is 15.5. The number of primary amides is 1. The Morgan fingerprint density at radius 1 is 1.04 bits per heavy atom. The monoisotopic (exact) mass is 372 g/mol. The van der Waals surface area contributed by atoms with Gasteiger partial charge in [0.1, 0.15) is 12.4 Å². The number of aromatic nitrogens is 2. The van der Waals surface area contributed by atoms with Crippen LogP contribution in [0.15, 0.2) is 71.5 Å². The lowest BCUT2D eigenvalue weighted by molar-refractivity contribution is -0.118. The fraction of sp³-hybridized carbons (Fsp3) is 0.136. The van der Waals surface area contributed by atoms with Gasteiger partial charge in [-0.1, -0.05) is 42.5 Å². The Hall–Kier alpha value is -3.67. The van der Waals surface area contributed by atoms with E-state index in [4.69, 9.17) is 5.73 Å². The maximum Gasteiger partial charge on any atom is 0.261 e. The van der Waals surface area contributed by atoms with Crippen LogP contribution < -0.4 is 16.2 Å². The number of anilines is 1. The summed E-state index contributed by atoms with van der Waals surface area (Å²) in [4.78, 5) is 31.0. The molecule has 0 atom stereocenters. The Morgan fingerprint density at radius 2 is 1.75 bits per heavy atom. The summed E-state index contributed by atoms with van der Waals surface area (Å²) in [5.41, 5.74) is 6.71. The first-order chi connectivity index (χ1) is 13.5. The molecule has 1 amide bonds. The second-order valence-electron chi connectivity index (χ2n) is 6.79. The summed E-state index contributed by atoms with van der Waals surface area (Å²) in [6.45, 7) is 0.170. The molecular formula is C22H20N4O2. The van der Waals surface area contributed by atoms with E-state index in [1.165, 1.54) is 4.57 Å². The Kier molecular flexibility index (Phi) is 4.53. The molecule has 1 heterocycles. The predicted molar refractivity (Wildman–Crippen MR) is 111 cm³/mol. The fourth-order valence-corrected chi connectivity index (χ4v) is 3.37. The zero-order valence-corrected chi connectivity index (χ0v) is 15.5. The van der Waals surface area contributed by atoms with E-state index in [0.29, 0.717) is 23.3 Å². The molecule has 0 aliphatic heterocycles. The molecule has 0 fully saturated rings. The van der Waals surface area contributed by atoms with E-state index >= 15 is 0 Å². The summed E-state index contributed by atoms with van der Waals surface area (Å²) in [6.07, 6.45) is 0. The van der Waals surface area contributed by atoms with Gasteiger partial charge in [0.15, 0.2) is 0 Å². The third-order valence-corrected chi connectivity index (χ3v) is 4.81. The van der Waals surface area contributed by atoms with Crippen molar-refractivity contribution in [1.82, 2.24) is 9.55 Å². The molecule has 140 valence electrons. The average molecular weight is 372 g/mol. The molecule has 0 saturated carbocycles. The summed E-state index contributed by atoms with van der Waals surface area (Å²) in [6, 6.07) is 21.4. The van der Waals surface area contributed by atoms with Crippen LogP contribution in [-0.4, -0.2) is 22.5 Å². The van der Waals surface area contributed by atoms with Crippen molar-refractivity contribution >= 4 is 33.3 Å². The Labute approximate surface area is 161 Å². The van der Waals surface area contributed by atoms with Crippen LogP contribution in [0.2, 0.25) is 0 Å². The molecule has 1 aromatic heterocycles. The van der Waals surface area contributed by atoms with Gasteiger partial charge in [-0.25, -0.2) is 4.98 Å². The highest BCUT2D eigenvalue weighted by molar-refractivity contribution is 5.86. The summed E-state index contributed by atoms with van der Waals surface area (Å²) in [5.74, 6) is -0.0769. The highest BCUT2D eigenvalue weighted by Crippen LogP contribution is 2.22. The highest BCUT2D eigenvalue weighted by Gasteiger charge is 2.14. The molecule has 6 nitrogen and oxygen atoms in total. The van der Waals surface area contributed by atoms with E-state index in [1.807, 2.05) is 36.2 Å². The number of carbonyl (C=O) groups excluding carboxylic acids is 1. The van der Waals surface area contributed by atoms with Gasteiger partial charge in [0, 0.05) is 12.7 Å². The number of benzene rings is 3. The van der Waals surface area contributed by atoms with Gasteiger partial charge < -0.3 is 10.6 Å². The lowest BCUT2D eigenvalue weighted by Crippen LogP contribution is -2.33. The van der Waals surface area contributed by atoms with E-state index in [-0.39, 0.29) is 12.1 Å².